The number of hydrogen-bond acceptors (Lipinski definition) is 3. The highest BCUT2D eigenvalue weighted by atomic mass is 19.4. The molecule has 5 nitrogen and oxygen atoms in total. The third-order valence-corrected chi connectivity index (χ3v) is 17.8. The number of benzene rings is 12. The number of aryl methyl sites for hydroxylation is 8. The van der Waals surface area contributed by atoms with Crippen LogP contribution in [0.5, 0.6) is 0 Å². The van der Waals surface area contributed by atoms with Crippen molar-refractivity contribution in [1.82, 2.24) is 24.1 Å². The summed E-state index contributed by atoms with van der Waals surface area (Å²) in [7, 11) is 0. The van der Waals surface area contributed by atoms with Crippen LogP contribution in [-0.4, -0.2) is 24.1 Å². The van der Waals surface area contributed by atoms with E-state index in [4.69, 9.17) is 15.0 Å². The maximum atomic E-state index is 17.1. The first-order valence-electron chi connectivity index (χ1n) is 31.2. The summed E-state index contributed by atoms with van der Waals surface area (Å²) >= 11 is 0. The lowest BCUT2D eigenvalue weighted by atomic mass is 9.90. The van der Waals surface area contributed by atoms with Gasteiger partial charge in [-0.2, -0.15) is 13.2 Å². The summed E-state index contributed by atoms with van der Waals surface area (Å²) in [5.74, 6) is 0.976. The van der Waals surface area contributed by atoms with Crippen LogP contribution >= 0.6 is 0 Å². The number of hydrogen-bond donors (Lipinski definition) is 0. The largest absolute Gasteiger partial charge is 0.417 e. The van der Waals surface area contributed by atoms with Crippen molar-refractivity contribution in [1.29, 1.82) is 0 Å². The van der Waals surface area contributed by atoms with Gasteiger partial charge in [0, 0.05) is 49.4 Å². The zero-order valence-electron chi connectivity index (χ0n) is 52.5. The summed E-state index contributed by atoms with van der Waals surface area (Å²) in [6.07, 6.45) is -4.87. The smallest absolute Gasteiger partial charge is 0.309 e. The molecule has 0 N–H and O–H groups in total. The summed E-state index contributed by atoms with van der Waals surface area (Å²) in [6.45, 7) is 16.9. The lowest BCUT2D eigenvalue weighted by Crippen LogP contribution is -2.12. The topological polar surface area (TPSA) is 48.5 Å². The molecule has 0 spiro atoms. The van der Waals surface area contributed by atoms with Crippen LogP contribution in [0.3, 0.4) is 0 Å². The quantitative estimate of drug-likeness (QED) is 0.137. The van der Waals surface area contributed by atoms with E-state index < -0.39 is 11.7 Å². The predicted molar refractivity (Wildman–Crippen MR) is 375 cm³/mol. The Labute approximate surface area is 533 Å². The van der Waals surface area contributed by atoms with Gasteiger partial charge in [-0.1, -0.05) is 220 Å². The highest BCUT2D eigenvalue weighted by Crippen LogP contribution is 2.50. The molecule has 3 aromatic heterocycles. The maximum absolute atomic E-state index is 17.1. The monoisotopic (exact) mass is 1200 g/mol. The second-order valence-electron chi connectivity index (χ2n) is 25.0. The SMILES string of the molecule is Cc1cc(C)cc(-c2ccc3c(c2)c2cc(-c4cc(C)cc(C)c4)ccc2n3-c2cccc(-c3nc(-c4ccccc4)nc(-c4ccccc4)n3)c2-c2c(-n3c4ccc(-c5cc(C)cc(C)c5)cc4c4cc(-c5cc(C)cc(C)c5)ccc43)cccc2C(F)(F)F)c1. The van der Waals surface area contributed by atoms with E-state index in [1.807, 2.05) is 89.5 Å². The molecule has 0 aliphatic rings. The predicted octanol–water partition coefficient (Wildman–Crippen LogP) is 22.9. The summed E-state index contributed by atoms with van der Waals surface area (Å²) in [5.41, 5.74) is 22.8. The van der Waals surface area contributed by atoms with Gasteiger partial charge < -0.3 is 9.13 Å². The minimum atomic E-state index is -4.87. The van der Waals surface area contributed by atoms with Crippen molar-refractivity contribution in [3.05, 3.63) is 293 Å². The van der Waals surface area contributed by atoms with Gasteiger partial charge in [-0.25, -0.2) is 15.0 Å². The zero-order chi connectivity index (χ0) is 63.3. The van der Waals surface area contributed by atoms with E-state index >= 15 is 13.2 Å². The Morgan fingerprint density at radius 2 is 0.565 bits per heavy atom. The molecular weight excluding hydrogens is 1140 g/mol. The van der Waals surface area contributed by atoms with E-state index in [-0.39, 0.29) is 11.4 Å². The molecule has 0 saturated heterocycles. The zero-order valence-corrected chi connectivity index (χ0v) is 52.5. The van der Waals surface area contributed by atoms with Crippen LogP contribution in [0.4, 0.5) is 13.2 Å². The molecule has 0 amide bonds. The first-order chi connectivity index (χ1) is 44.5. The van der Waals surface area contributed by atoms with E-state index in [9.17, 15) is 0 Å². The van der Waals surface area contributed by atoms with Gasteiger partial charge in [0.1, 0.15) is 0 Å². The van der Waals surface area contributed by atoms with E-state index in [1.54, 1.807) is 6.07 Å². The van der Waals surface area contributed by atoms with Crippen molar-refractivity contribution in [3.8, 4) is 101 Å². The molecule has 0 unspecified atom stereocenters. The average Bonchev–Trinajstić information content (AvgIpc) is 1.48. The molecule has 446 valence electrons. The molecule has 0 saturated carbocycles. The van der Waals surface area contributed by atoms with Crippen molar-refractivity contribution in [2.45, 2.75) is 61.6 Å². The maximum Gasteiger partial charge on any atom is 0.417 e. The van der Waals surface area contributed by atoms with Gasteiger partial charge in [-0.05, 0) is 167 Å². The lowest BCUT2D eigenvalue weighted by molar-refractivity contribution is -0.137. The Kier molecular flexibility index (Phi) is 14.1. The fourth-order valence-electron chi connectivity index (χ4n) is 14.2. The van der Waals surface area contributed by atoms with Gasteiger partial charge in [0.15, 0.2) is 17.5 Å². The molecule has 15 rings (SSSR count). The summed E-state index contributed by atoms with van der Waals surface area (Å²) in [4.78, 5) is 15.7. The second kappa shape index (κ2) is 22.5. The minimum absolute atomic E-state index is 0.0298. The first kappa shape index (κ1) is 57.5. The van der Waals surface area contributed by atoms with Crippen LogP contribution in [0.25, 0.3) is 145 Å². The molecule has 0 radical (unpaired) electrons. The first-order valence-corrected chi connectivity index (χ1v) is 31.2. The van der Waals surface area contributed by atoms with E-state index in [0.29, 0.717) is 34.2 Å². The van der Waals surface area contributed by atoms with Gasteiger partial charge in [-0.3, -0.25) is 0 Å². The Morgan fingerprint density at radius 3 is 0.891 bits per heavy atom. The number of halogens is 3. The Bertz CT molecular complexity index is 5120. The van der Waals surface area contributed by atoms with Crippen molar-refractivity contribution >= 4 is 43.6 Å². The molecule has 0 aliphatic carbocycles. The molecule has 0 atom stereocenters. The highest BCUT2D eigenvalue weighted by Gasteiger charge is 2.38. The Balaban J connectivity index is 1.09. The average molecular weight is 1200 g/mol. The van der Waals surface area contributed by atoms with Crippen LogP contribution in [0, 0.1) is 55.4 Å². The number of rotatable bonds is 10. The van der Waals surface area contributed by atoms with Crippen molar-refractivity contribution < 1.29 is 13.2 Å². The third-order valence-electron chi connectivity index (χ3n) is 17.8. The normalized spacial score (nSPS) is 11.9. The van der Waals surface area contributed by atoms with Crippen LogP contribution in [0.1, 0.15) is 50.1 Å². The van der Waals surface area contributed by atoms with Crippen LogP contribution in [0.2, 0.25) is 0 Å². The number of aromatic nitrogens is 5. The van der Waals surface area contributed by atoms with Gasteiger partial charge in [0.05, 0.1) is 39.0 Å². The van der Waals surface area contributed by atoms with Crippen LogP contribution < -0.4 is 0 Å². The molecular formula is C84H64F3N5. The minimum Gasteiger partial charge on any atom is -0.309 e. The number of nitrogens with zero attached hydrogens (tertiary/aromatic N) is 5. The summed E-state index contributed by atoms with van der Waals surface area (Å²) in [5, 5.41) is 3.70. The molecule has 0 bridgehead atoms. The fraction of sp³-hybridized carbons (Fsp3) is 0.107. The third kappa shape index (κ3) is 10.4. The van der Waals surface area contributed by atoms with Crippen molar-refractivity contribution in [2.75, 3.05) is 0 Å². The molecule has 0 aliphatic heterocycles. The van der Waals surface area contributed by atoms with Gasteiger partial charge >= 0.3 is 6.18 Å². The fourth-order valence-corrected chi connectivity index (χ4v) is 14.2. The Hall–Kier alpha value is -11.0. The van der Waals surface area contributed by atoms with Crippen molar-refractivity contribution in [2.24, 2.45) is 0 Å². The van der Waals surface area contributed by atoms with Gasteiger partial charge in [-0.15, -0.1) is 0 Å². The summed E-state index contributed by atoms with van der Waals surface area (Å²) < 4.78 is 55.6. The highest BCUT2D eigenvalue weighted by molar-refractivity contribution is 6.15. The van der Waals surface area contributed by atoms with Crippen LogP contribution in [-0.2, 0) is 6.18 Å². The standard InChI is InChI=1S/C84H64F3N5/c1-49-33-50(2)38-63(37-49)59-25-29-73-68(45-59)69-46-60(64-39-51(3)34-52(4)40-64)26-30-74(69)91(73)77-23-15-21-67(83-89-81(57-17-11-9-12-18-57)88-82(90-83)58-19-13-10-14-20-58)79(77)80-72(84(85,86)87)22-16-24-78(80)92-75-31-27-61(65-41-53(5)35-54(6)42-65)47-70(75)71-48-62(28-32-76(71)92)66-43-55(7)36-56(8)44-66/h9-48H,1-8H3. The number of fused-ring (bicyclic) bond motifs is 6. The van der Waals surface area contributed by atoms with Gasteiger partial charge in [0.25, 0.3) is 0 Å². The van der Waals surface area contributed by atoms with Crippen LogP contribution in [0.15, 0.2) is 243 Å². The molecule has 92 heavy (non-hydrogen) atoms. The van der Waals surface area contributed by atoms with E-state index in [2.05, 4.69) is 206 Å². The molecule has 12 aromatic carbocycles. The molecule has 3 heterocycles. The lowest BCUT2D eigenvalue weighted by Gasteiger charge is -2.24. The van der Waals surface area contributed by atoms with Crippen molar-refractivity contribution in [3.63, 3.8) is 0 Å². The molecule has 0 fully saturated rings. The molecule has 15 aromatic rings. The Morgan fingerprint density at radius 1 is 0.261 bits per heavy atom. The molecule has 8 heteroatoms. The summed E-state index contributed by atoms with van der Waals surface area (Å²) in [6, 6.07) is 81.8. The second-order valence-corrected chi connectivity index (χ2v) is 25.0. The number of alkyl halides is 3. The van der Waals surface area contributed by atoms with Gasteiger partial charge in [0.2, 0.25) is 0 Å². The van der Waals surface area contributed by atoms with E-state index in [1.165, 1.54) is 6.07 Å². The van der Waals surface area contributed by atoms with E-state index in [0.717, 1.165) is 144 Å².